The number of rotatable bonds is 4. The van der Waals surface area contributed by atoms with Crippen molar-refractivity contribution in [3.63, 3.8) is 0 Å². The first-order valence-electron chi connectivity index (χ1n) is 21.6. The van der Waals surface area contributed by atoms with Crippen LogP contribution in [0.25, 0.3) is 83.9 Å². The Kier molecular flexibility index (Phi) is 7.92. The summed E-state index contributed by atoms with van der Waals surface area (Å²) in [6, 6.07) is 57.3. The van der Waals surface area contributed by atoms with Crippen molar-refractivity contribution in [2.24, 2.45) is 0 Å². The summed E-state index contributed by atoms with van der Waals surface area (Å²) in [7, 11) is 0. The largest absolute Gasteiger partial charge is 0.309 e. The number of nitrogens with zero attached hydrogens (tertiary/aromatic N) is 4. The zero-order valence-corrected chi connectivity index (χ0v) is 36.3. The van der Waals surface area contributed by atoms with Crippen LogP contribution in [0.5, 0.6) is 0 Å². The van der Waals surface area contributed by atoms with Crippen molar-refractivity contribution in [1.29, 1.82) is 0 Å². The van der Waals surface area contributed by atoms with Gasteiger partial charge in [-0.3, -0.25) is 0 Å². The van der Waals surface area contributed by atoms with Crippen LogP contribution >= 0.6 is 0 Å². The zero-order chi connectivity index (χ0) is 42.1. The lowest BCUT2D eigenvalue weighted by molar-refractivity contribution is 0.299. The first-order valence-corrected chi connectivity index (χ1v) is 21.6. The number of fused-ring (bicyclic) bond motifs is 10. The molecule has 0 bridgehead atoms. The van der Waals surface area contributed by atoms with Gasteiger partial charge in [0.05, 0.1) is 11.0 Å². The highest BCUT2D eigenvalue weighted by Crippen LogP contribution is 2.57. The molecule has 2 aliphatic carbocycles. The van der Waals surface area contributed by atoms with Crippen molar-refractivity contribution in [3.05, 3.63) is 180 Å². The molecule has 11 rings (SSSR count). The summed E-state index contributed by atoms with van der Waals surface area (Å²) in [5, 5.41) is 2.51. The van der Waals surface area contributed by atoms with Crippen LogP contribution in [0.3, 0.4) is 0 Å². The van der Waals surface area contributed by atoms with Gasteiger partial charge in [0.2, 0.25) is 0 Å². The molecule has 2 aromatic heterocycles. The van der Waals surface area contributed by atoms with Crippen molar-refractivity contribution >= 4 is 21.8 Å². The van der Waals surface area contributed by atoms with Crippen LogP contribution in [0.4, 0.5) is 0 Å². The highest BCUT2D eigenvalue weighted by molar-refractivity contribution is 6.12. The van der Waals surface area contributed by atoms with Crippen molar-refractivity contribution < 1.29 is 0 Å². The van der Waals surface area contributed by atoms with Gasteiger partial charge in [0.15, 0.2) is 17.5 Å². The standard InChI is InChI=1S/C57H50N4/c1-54(2)45-26-15-12-23-39(45)41-30-29-37(34-47(41)56(54,5)6)53-59-51(35-19-10-9-11-20-35)58-52(60-53)36-21-18-22-38(33-36)61-48-28-17-14-25-42(48)44-32-31-43-40-24-13-16-27-46(40)55(3,4)57(7,8)49(43)50(44)61/h9-34H,1-8H3. The number of aromatic nitrogens is 4. The van der Waals surface area contributed by atoms with E-state index in [9.17, 15) is 0 Å². The Morgan fingerprint density at radius 2 is 0.869 bits per heavy atom. The molecule has 7 aromatic carbocycles. The van der Waals surface area contributed by atoms with E-state index in [4.69, 9.17) is 15.0 Å². The first-order chi connectivity index (χ1) is 29.3. The van der Waals surface area contributed by atoms with Crippen LogP contribution in [0.2, 0.25) is 0 Å². The van der Waals surface area contributed by atoms with Gasteiger partial charge in [-0.05, 0) is 85.0 Å². The molecule has 298 valence electrons. The maximum atomic E-state index is 5.33. The Morgan fingerprint density at radius 3 is 1.57 bits per heavy atom. The zero-order valence-electron chi connectivity index (χ0n) is 36.3. The highest BCUT2D eigenvalue weighted by atomic mass is 15.0. The maximum Gasteiger partial charge on any atom is 0.164 e. The number of hydrogen-bond acceptors (Lipinski definition) is 3. The van der Waals surface area contributed by atoms with Gasteiger partial charge in [0, 0.05) is 38.6 Å². The molecule has 9 aromatic rings. The monoisotopic (exact) mass is 790 g/mol. The highest BCUT2D eigenvalue weighted by Gasteiger charge is 2.48. The van der Waals surface area contributed by atoms with Gasteiger partial charge in [0.1, 0.15) is 0 Å². The maximum absolute atomic E-state index is 5.33. The lowest BCUT2D eigenvalue weighted by Gasteiger charge is -2.48. The second-order valence-corrected chi connectivity index (χ2v) is 19.3. The van der Waals surface area contributed by atoms with Crippen LogP contribution in [-0.2, 0) is 21.7 Å². The summed E-state index contributed by atoms with van der Waals surface area (Å²) in [5.41, 5.74) is 16.5. The van der Waals surface area contributed by atoms with Gasteiger partial charge in [-0.2, -0.15) is 0 Å². The molecule has 0 N–H and O–H groups in total. The van der Waals surface area contributed by atoms with Crippen LogP contribution in [0.15, 0.2) is 158 Å². The van der Waals surface area contributed by atoms with Crippen LogP contribution in [0.1, 0.15) is 77.6 Å². The molecule has 4 heteroatoms. The summed E-state index contributed by atoms with van der Waals surface area (Å²) in [6.07, 6.45) is 0. The Morgan fingerprint density at radius 1 is 0.361 bits per heavy atom. The van der Waals surface area contributed by atoms with Gasteiger partial charge in [-0.25, -0.2) is 15.0 Å². The topological polar surface area (TPSA) is 43.6 Å². The molecule has 0 saturated carbocycles. The number of benzene rings is 7. The molecule has 0 saturated heterocycles. The van der Waals surface area contributed by atoms with E-state index in [-0.39, 0.29) is 21.7 Å². The second kappa shape index (κ2) is 12.9. The third kappa shape index (κ3) is 5.21. The molecule has 0 unspecified atom stereocenters. The minimum absolute atomic E-state index is 0.0878. The second-order valence-electron chi connectivity index (χ2n) is 19.3. The molecule has 0 radical (unpaired) electrons. The van der Waals surface area contributed by atoms with Crippen LogP contribution < -0.4 is 0 Å². The van der Waals surface area contributed by atoms with Crippen LogP contribution in [-0.4, -0.2) is 19.5 Å². The lowest BCUT2D eigenvalue weighted by atomic mass is 9.55. The Bertz CT molecular complexity index is 3250. The molecule has 2 aliphatic rings. The van der Waals surface area contributed by atoms with Gasteiger partial charge in [0.25, 0.3) is 0 Å². The third-order valence-electron chi connectivity index (χ3n) is 15.3. The van der Waals surface area contributed by atoms with Gasteiger partial charge in [-0.15, -0.1) is 0 Å². The SMILES string of the molecule is CC1(C)c2ccccc2-c2ccc(-c3nc(-c4ccccc4)nc(-c4cccc(-n5c6ccccc6c6ccc7c(c65)C(C)(C)C(C)(C)c5ccccc5-7)c4)n3)cc2C1(C)C. The van der Waals surface area contributed by atoms with E-state index in [1.54, 1.807) is 0 Å². The Hall–Kier alpha value is -6.65. The van der Waals surface area contributed by atoms with Gasteiger partial charge >= 0.3 is 0 Å². The van der Waals surface area contributed by atoms with Crippen LogP contribution in [0, 0.1) is 0 Å². The molecular weight excluding hydrogens is 741 g/mol. The van der Waals surface area contributed by atoms with Crippen molar-refractivity contribution in [2.45, 2.75) is 77.0 Å². The average molecular weight is 791 g/mol. The fraction of sp³-hybridized carbons (Fsp3) is 0.211. The minimum atomic E-state index is -0.186. The molecule has 4 nitrogen and oxygen atoms in total. The van der Waals surface area contributed by atoms with Crippen molar-refractivity contribution in [2.75, 3.05) is 0 Å². The van der Waals surface area contributed by atoms with E-state index in [0.717, 1.165) is 22.4 Å². The molecule has 61 heavy (non-hydrogen) atoms. The fourth-order valence-corrected chi connectivity index (χ4v) is 10.6. The van der Waals surface area contributed by atoms with E-state index < -0.39 is 0 Å². The quantitative estimate of drug-likeness (QED) is 0.178. The summed E-state index contributed by atoms with van der Waals surface area (Å²) in [6.45, 7) is 19.2. The molecular formula is C57H50N4. The Labute approximate surface area is 359 Å². The Balaban J connectivity index is 1.13. The summed E-state index contributed by atoms with van der Waals surface area (Å²) >= 11 is 0. The van der Waals surface area contributed by atoms with E-state index in [0.29, 0.717) is 17.5 Å². The predicted octanol–water partition coefficient (Wildman–Crippen LogP) is 14.4. The predicted molar refractivity (Wildman–Crippen MR) is 253 cm³/mol. The fourth-order valence-electron chi connectivity index (χ4n) is 10.6. The molecule has 0 aliphatic heterocycles. The van der Waals surface area contributed by atoms with Gasteiger partial charge in [-0.1, -0.05) is 189 Å². The lowest BCUT2D eigenvalue weighted by Crippen LogP contribution is -2.43. The summed E-state index contributed by atoms with van der Waals surface area (Å²) in [5.74, 6) is 1.96. The normalized spacial score (nSPS) is 16.4. The molecule has 0 spiro atoms. The summed E-state index contributed by atoms with van der Waals surface area (Å²) < 4.78 is 2.49. The molecule has 0 fully saturated rings. The smallest absolute Gasteiger partial charge is 0.164 e. The number of para-hydroxylation sites is 1. The van der Waals surface area contributed by atoms with Crippen molar-refractivity contribution in [3.8, 4) is 62.1 Å². The first kappa shape index (κ1) is 37.4. The third-order valence-corrected chi connectivity index (χ3v) is 15.3. The number of hydrogen-bond donors (Lipinski definition) is 0. The molecule has 0 atom stereocenters. The van der Waals surface area contributed by atoms with E-state index >= 15 is 0 Å². The van der Waals surface area contributed by atoms with E-state index in [1.165, 1.54) is 66.3 Å². The van der Waals surface area contributed by atoms with E-state index in [2.05, 4.69) is 199 Å². The molecule has 0 amide bonds. The minimum Gasteiger partial charge on any atom is -0.309 e. The average Bonchev–Trinajstić information content (AvgIpc) is 3.62. The van der Waals surface area contributed by atoms with Crippen molar-refractivity contribution in [1.82, 2.24) is 19.5 Å². The summed E-state index contributed by atoms with van der Waals surface area (Å²) in [4.78, 5) is 15.8. The van der Waals surface area contributed by atoms with E-state index in [1.807, 2.05) is 18.2 Å². The molecule has 2 heterocycles. The van der Waals surface area contributed by atoms with Gasteiger partial charge < -0.3 is 4.57 Å².